The lowest BCUT2D eigenvalue weighted by Crippen LogP contribution is -2.33. The molecule has 0 saturated heterocycles. The smallest absolute Gasteiger partial charge is 0.0966 e. The van der Waals surface area contributed by atoms with Gasteiger partial charge in [0.2, 0.25) is 0 Å². The molecule has 0 fully saturated rings. The standard InChI is InChI=1S/C20H32Si/c1-6-18(5)14-13-17-20(19-15-11-10-12-16-19)21(7-2,8-3)9-4/h10-13,15-16,18H,6-9,14H2,1-5H3. The van der Waals surface area contributed by atoms with E-state index in [0.717, 1.165) is 12.3 Å². The van der Waals surface area contributed by atoms with Crippen LogP contribution in [0.5, 0.6) is 0 Å². The summed E-state index contributed by atoms with van der Waals surface area (Å²) < 4.78 is 0. The molecular weight excluding hydrogens is 268 g/mol. The van der Waals surface area contributed by atoms with Gasteiger partial charge in [0.15, 0.2) is 0 Å². The zero-order valence-corrected chi connectivity index (χ0v) is 15.6. The van der Waals surface area contributed by atoms with E-state index in [-0.39, 0.29) is 0 Å². The molecule has 1 heteroatoms. The summed E-state index contributed by atoms with van der Waals surface area (Å²) in [5, 5.41) is 1.54. The predicted octanol–water partition coefficient (Wildman–Crippen LogP) is 6.71. The SMILES string of the molecule is CCC(C)CC=C=C(c1ccccc1)[Si](CC)(CC)CC. The highest BCUT2D eigenvalue weighted by molar-refractivity contribution is 6.96. The molecule has 0 bridgehead atoms. The maximum absolute atomic E-state index is 3.75. The van der Waals surface area contributed by atoms with Crippen LogP contribution in [0.3, 0.4) is 0 Å². The molecule has 0 amide bonds. The van der Waals surface area contributed by atoms with Gasteiger partial charge in [-0.15, -0.1) is 5.73 Å². The molecule has 1 aromatic carbocycles. The summed E-state index contributed by atoms with van der Waals surface area (Å²) in [6, 6.07) is 14.9. The molecule has 1 rings (SSSR count). The molecule has 0 saturated carbocycles. The number of hydrogen-bond acceptors (Lipinski definition) is 0. The van der Waals surface area contributed by atoms with Crippen molar-refractivity contribution < 1.29 is 0 Å². The highest BCUT2D eigenvalue weighted by Gasteiger charge is 2.32. The van der Waals surface area contributed by atoms with Gasteiger partial charge in [-0.3, -0.25) is 0 Å². The van der Waals surface area contributed by atoms with Gasteiger partial charge in [-0.25, -0.2) is 0 Å². The summed E-state index contributed by atoms with van der Waals surface area (Å²) in [4.78, 5) is 0. The number of benzene rings is 1. The van der Waals surface area contributed by atoms with E-state index in [4.69, 9.17) is 0 Å². The van der Waals surface area contributed by atoms with Crippen molar-refractivity contribution in [3.05, 3.63) is 47.7 Å². The molecule has 21 heavy (non-hydrogen) atoms. The van der Waals surface area contributed by atoms with Crippen molar-refractivity contribution >= 4 is 13.3 Å². The molecule has 116 valence electrons. The lowest BCUT2D eigenvalue weighted by atomic mass is 10.1. The van der Waals surface area contributed by atoms with E-state index in [1.165, 1.54) is 30.1 Å². The molecule has 1 atom stereocenters. The minimum Gasteiger partial charge on any atom is -0.126 e. The van der Waals surface area contributed by atoms with Crippen LogP contribution in [0.15, 0.2) is 42.1 Å². The van der Waals surface area contributed by atoms with Crippen LogP contribution in [-0.2, 0) is 0 Å². The van der Waals surface area contributed by atoms with Gasteiger partial charge in [-0.05, 0) is 29.2 Å². The second kappa shape index (κ2) is 9.07. The Bertz CT molecular complexity index is 454. The molecular formula is C20H32Si. The van der Waals surface area contributed by atoms with E-state index in [0.29, 0.717) is 0 Å². The molecule has 1 aromatic rings. The third-order valence-corrected chi connectivity index (χ3v) is 10.6. The topological polar surface area (TPSA) is 0 Å². The minimum atomic E-state index is -1.40. The number of hydrogen-bond donors (Lipinski definition) is 0. The van der Waals surface area contributed by atoms with Crippen molar-refractivity contribution in [3.63, 3.8) is 0 Å². The van der Waals surface area contributed by atoms with Gasteiger partial charge in [0, 0.05) is 0 Å². The van der Waals surface area contributed by atoms with Crippen molar-refractivity contribution in [2.24, 2.45) is 5.92 Å². The van der Waals surface area contributed by atoms with Crippen molar-refractivity contribution in [1.29, 1.82) is 0 Å². The van der Waals surface area contributed by atoms with Gasteiger partial charge in [-0.1, -0.05) is 89.5 Å². The molecule has 0 aliphatic heterocycles. The van der Waals surface area contributed by atoms with Crippen LogP contribution in [-0.4, -0.2) is 8.07 Å². The van der Waals surface area contributed by atoms with E-state index in [1.54, 1.807) is 5.20 Å². The van der Waals surface area contributed by atoms with Gasteiger partial charge in [-0.2, -0.15) is 0 Å². The summed E-state index contributed by atoms with van der Waals surface area (Å²) in [7, 11) is -1.40. The first-order valence-electron chi connectivity index (χ1n) is 8.64. The summed E-state index contributed by atoms with van der Waals surface area (Å²) in [5.41, 5.74) is 5.15. The van der Waals surface area contributed by atoms with Crippen LogP contribution in [0.25, 0.3) is 5.20 Å². The fraction of sp³-hybridized carbons (Fsp3) is 0.550. The first-order valence-corrected chi connectivity index (χ1v) is 11.3. The van der Waals surface area contributed by atoms with Gasteiger partial charge < -0.3 is 0 Å². The lowest BCUT2D eigenvalue weighted by molar-refractivity contribution is 0.572. The fourth-order valence-electron chi connectivity index (χ4n) is 2.96. The first kappa shape index (κ1) is 18.0. The van der Waals surface area contributed by atoms with E-state index in [9.17, 15) is 0 Å². The molecule has 0 radical (unpaired) electrons. The molecule has 0 aliphatic carbocycles. The third kappa shape index (κ3) is 4.73. The van der Waals surface area contributed by atoms with Crippen molar-refractivity contribution in [1.82, 2.24) is 0 Å². The average Bonchev–Trinajstić information content (AvgIpc) is 2.55. The van der Waals surface area contributed by atoms with E-state index >= 15 is 0 Å². The van der Waals surface area contributed by atoms with Crippen LogP contribution in [0.2, 0.25) is 18.1 Å². The van der Waals surface area contributed by atoms with Crippen LogP contribution in [0.4, 0.5) is 0 Å². The van der Waals surface area contributed by atoms with Crippen molar-refractivity contribution in [2.45, 2.75) is 65.6 Å². The lowest BCUT2D eigenvalue weighted by Gasteiger charge is -2.30. The van der Waals surface area contributed by atoms with Gasteiger partial charge in [0.25, 0.3) is 0 Å². The van der Waals surface area contributed by atoms with E-state index in [1.807, 2.05) is 0 Å². The Morgan fingerprint density at radius 1 is 1.05 bits per heavy atom. The van der Waals surface area contributed by atoms with Crippen molar-refractivity contribution in [3.8, 4) is 0 Å². The van der Waals surface area contributed by atoms with Crippen LogP contribution in [0.1, 0.15) is 53.0 Å². The minimum absolute atomic E-state index is 0.760. The summed E-state index contributed by atoms with van der Waals surface area (Å²) in [5.74, 6) is 0.760. The first-order chi connectivity index (χ1) is 10.1. The molecule has 0 heterocycles. The molecule has 0 aromatic heterocycles. The normalized spacial score (nSPS) is 12.6. The average molecular weight is 301 g/mol. The van der Waals surface area contributed by atoms with Crippen LogP contribution >= 0.6 is 0 Å². The summed E-state index contributed by atoms with van der Waals surface area (Å²) >= 11 is 0. The Hall–Kier alpha value is -1.04. The van der Waals surface area contributed by atoms with Crippen molar-refractivity contribution in [2.75, 3.05) is 0 Å². The molecule has 1 unspecified atom stereocenters. The molecule has 0 aliphatic rings. The maximum atomic E-state index is 3.75. The van der Waals surface area contributed by atoms with E-state index in [2.05, 4.69) is 76.8 Å². The predicted molar refractivity (Wildman–Crippen MR) is 99.2 cm³/mol. The Labute approximate surface area is 133 Å². The van der Waals surface area contributed by atoms with Crippen LogP contribution < -0.4 is 0 Å². The van der Waals surface area contributed by atoms with E-state index < -0.39 is 8.07 Å². The monoisotopic (exact) mass is 300 g/mol. The largest absolute Gasteiger partial charge is 0.126 e. The Kier molecular flexibility index (Phi) is 7.78. The zero-order valence-electron chi connectivity index (χ0n) is 14.6. The Morgan fingerprint density at radius 3 is 2.10 bits per heavy atom. The number of allylic oxidation sites excluding steroid dienone is 1. The molecule has 0 spiro atoms. The Balaban J connectivity index is 3.27. The van der Waals surface area contributed by atoms with Gasteiger partial charge in [0.1, 0.15) is 0 Å². The molecule has 0 nitrogen and oxygen atoms in total. The quantitative estimate of drug-likeness (QED) is 0.370. The number of rotatable bonds is 8. The fourth-order valence-corrected chi connectivity index (χ4v) is 6.70. The second-order valence-corrected chi connectivity index (χ2v) is 11.4. The third-order valence-electron chi connectivity index (χ3n) is 5.09. The highest BCUT2D eigenvalue weighted by Crippen LogP contribution is 2.34. The maximum Gasteiger partial charge on any atom is 0.0966 e. The highest BCUT2D eigenvalue weighted by atomic mass is 28.3. The molecule has 0 N–H and O–H groups in total. The second-order valence-electron chi connectivity index (χ2n) is 6.18. The Morgan fingerprint density at radius 2 is 1.62 bits per heavy atom. The van der Waals surface area contributed by atoms with Crippen LogP contribution in [0, 0.1) is 5.92 Å². The summed E-state index contributed by atoms with van der Waals surface area (Å²) in [6.45, 7) is 11.7. The van der Waals surface area contributed by atoms with Gasteiger partial charge >= 0.3 is 0 Å². The van der Waals surface area contributed by atoms with Gasteiger partial charge in [0.05, 0.1) is 8.07 Å². The zero-order chi connectivity index (χ0) is 15.7. The summed E-state index contributed by atoms with van der Waals surface area (Å²) in [6.07, 6.45) is 4.70.